The summed E-state index contributed by atoms with van der Waals surface area (Å²) in [5.74, 6) is 0. The molecule has 0 heterocycles. The Hall–Kier alpha value is 1.26. The molecule has 6 heteroatoms. The summed E-state index contributed by atoms with van der Waals surface area (Å²) >= 11 is -5.18. The molecular weight excluding hydrogens is 248 g/mol. The number of hydrogen-bond acceptors (Lipinski definition) is 4. The molecule has 34 valence electrons. The van der Waals surface area contributed by atoms with E-state index in [0.717, 1.165) is 0 Å². The summed E-state index contributed by atoms with van der Waals surface area (Å²) in [7, 11) is 0. The molecule has 0 spiro atoms. The van der Waals surface area contributed by atoms with E-state index < -0.39 is 20.0 Å². The maximum Gasteiger partial charge on any atom is 0 e. The first kappa shape index (κ1) is 10.3. The van der Waals surface area contributed by atoms with Crippen LogP contribution in [0.2, 0.25) is 0 Å². The predicted molar refractivity (Wildman–Crippen MR) is 14.6 cm³/mol. The Morgan fingerprint density at radius 3 is 0.833 bits per heavy atom. The van der Waals surface area contributed by atoms with Gasteiger partial charge < -0.3 is 0 Å². The molecular formula is H4O4SnZn. The van der Waals surface area contributed by atoms with Crippen LogP contribution in [0.1, 0.15) is 0 Å². The summed E-state index contributed by atoms with van der Waals surface area (Å²) in [4.78, 5) is 0. The fourth-order valence-corrected chi connectivity index (χ4v) is 0. The van der Waals surface area contributed by atoms with Gasteiger partial charge in [-0.15, -0.1) is 0 Å². The van der Waals surface area contributed by atoms with Crippen molar-refractivity contribution in [2.75, 3.05) is 0 Å². The van der Waals surface area contributed by atoms with Crippen LogP contribution in [-0.4, -0.2) is 33.8 Å². The monoisotopic (exact) mass is 252 g/mol. The summed E-state index contributed by atoms with van der Waals surface area (Å²) < 4.78 is 29.6. The molecule has 0 saturated carbocycles. The van der Waals surface area contributed by atoms with E-state index in [1.807, 2.05) is 0 Å². The molecule has 0 bridgehead atoms. The zero-order valence-corrected chi connectivity index (χ0v) is 8.82. The molecule has 0 aliphatic carbocycles. The third-order valence-corrected chi connectivity index (χ3v) is 0. The second-order valence-corrected chi connectivity index (χ2v) is 4.02. The normalized spacial score (nSPS) is 10.0. The van der Waals surface area contributed by atoms with Crippen LogP contribution >= 0.6 is 0 Å². The minimum atomic E-state index is -5.18. The van der Waals surface area contributed by atoms with Gasteiger partial charge in [0.15, 0.2) is 0 Å². The predicted octanol–water partition coefficient (Wildman–Crippen LogP) is -2.61. The van der Waals surface area contributed by atoms with Gasteiger partial charge in [0.1, 0.15) is 0 Å². The van der Waals surface area contributed by atoms with E-state index in [-0.39, 0.29) is 19.5 Å². The molecule has 0 aliphatic heterocycles. The standard InChI is InChI=1S/4H2O.Sn.Zn/h4*1H2;;/q;;;;+4;/p-4. The fourth-order valence-electron chi connectivity index (χ4n) is 0. The molecule has 0 aromatic rings. The zero-order valence-electron chi connectivity index (χ0n) is 3.00. The molecule has 0 unspecified atom stereocenters. The first-order valence-corrected chi connectivity index (χ1v) is 6.00. The molecule has 0 rings (SSSR count). The third kappa shape index (κ3) is 60.0. The van der Waals surface area contributed by atoms with Crippen LogP contribution in [0.15, 0.2) is 0 Å². The van der Waals surface area contributed by atoms with E-state index in [1.54, 1.807) is 0 Å². The van der Waals surface area contributed by atoms with Crippen molar-refractivity contribution in [2.45, 2.75) is 0 Å². The molecule has 0 radical (unpaired) electrons. The van der Waals surface area contributed by atoms with Gasteiger partial charge in [-0.2, -0.15) is 0 Å². The molecule has 4 nitrogen and oxygen atoms in total. The first-order valence-electron chi connectivity index (χ1n) is 0.894. The second-order valence-electron chi connectivity index (χ2n) is 0.600. The van der Waals surface area contributed by atoms with Crippen LogP contribution < -0.4 is 0 Å². The van der Waals surface area contributed by atoms with Gasteiger partial charge in [0.25, 0.3) is 0 Å². The van der Waals surface area contributed by atoms with Crippen LogP contribution in [-0.2, 0) is 19.5 Å². The van der Waals surface area contributed by atoms with Crippen molar-refractivity contribution in [2.24, 2.45) is 0 Å². The molecule has 0 amide bonds. The summed E-state index contributed by atoms with van der Waals surface area (Å²) in [6.07, 6.45) is 0. The van der Waals surface area contributed by atoms with Crippen molar-refractivity contribution in [3.05, 3.63) is 0 Å². The smallest absolute Gasteiger partial charge is 0 e. The molecule has 0 aromatic carbocycles. The van der Waals surface area contributed by atoms with Crippen LogP contribution in [0, 0.1) is 0 Å². The molecule has 0 aromatic heterocycles. The maximum atomic E-state index is 7.40. The first-order chi connectivity index (χ1) is 2.00. The Bertz CT molecular complexity index is 23.0. The summed E-state index contributed by atoms with van der Waals surface area (Å²) in [6.45, 7) is 0. The Kier molecular flexibility index (Phi) is 5.64. The van der Waals surface area contributed by atoms with E-state index in [9.17, 15) is 0 Å². The summed E-state index contributed by atoms with van der Waals surface area (Å²) in [6, 6.07) is 0. The van der Waals surface area contributed by atoms with Crippen LogP contribution in [0.3, 0.4) is 0 Å². The van der Waals surface area contributed by atoms with Crippen molar-refractivity contribution in [3.8, 4) is 0 Å². The van der Waals surface area contributed by atoms with Crippen molar-refractivity contribution in [3.63, 3.8) is 0 Å². The Balaban J connectivity index is 0. The van der Waals surface area contributed by atoms with E-state index in [2.05, 4.69) is 0 Å². The Morgan fingerprint density at radius 1 is 0.833 bits per heavy atom. The van der Waals surface area contributed by atoms with E-state index in [0.29, 0.717) is 0 Å². The van der Waals surface area contributed by atoms with E-state index in [4.69, 9.17) is 13.8 Å². The van der Waals surface area contributed by atoms with Crippen molar-refractivity contribution >= 4 is 20.0 Å². The van der Waals surface area contributed by atoms with Crippen LogP contribution in [0.5, 0.6) is 0 Å². The van der Waals surface area contributed by atoms with Crippen molar-refractivity contribution < 1.29 is 33.3 Å². The van der Waals surface area contributed by atoms with Crippen molar-refractivity contribution in [1.82, 2.24) is 0 Å². The van der Waals surface area contributed by atoms with E-state index >= 15 is 0 Å². The number of rotatable bonds is 0. The fraction of sp³-hybridized carbons (Fsp3) is 0. The number of hydrogen-bond donors (Lipinski definition) is 4. The van der Waals surface area contributed by atoms with Gasteiger partial charge in [0.2, 0.25) is 0 Å². The van der Waals surface area contributed by atoms with E-state index in [1.165, 1.54) is 0 Å². The van der Waals surface area contributed by atoms with Gasteiger partial charge in [-0.05, 0) is 0 Å². The Morgan fingerprint density at radius 2 is 0.833 bits per heavy atom. The average molecular weight is 252 g/mol. The Labute approximate surface area is 53.2 Å². The zero-order chi connectivity index (χ0) is 4.50. The second kappa shape index (κ2) is 3.29. The van der Waals surface area contributed by atoms with Gasteiger partial charge in [-0.25, -0.2) is 0 Å². The van der Waals surface area contributed by atoms with Gasteiger partial charge >= 0.3 is 33.8 Å². The molecule has 6 heavy (non-hydrogen) atoms. The topological polar surface area (TPSA) is 80.9 Å². The SMILES string of the molecule is [OH][Sn]([OH])([OH])[OH].[Zn]. The molecule has 4 N–H and O–H groups in total. The van der Waals surface area contributed by atoms with Crippen LogP contribution in [0.25, 0.3) is 0 Å². The van der Waals surface area contributed by atoms with Gasteiger partial charge in [0.05, 0.1) is 0 Å². The summed E-state index contributed by atoms with van der Waals surface area (Å²) in [5.41, 5.74) is 0. The molecule has 0 fully saturated rings. The van der Waals surface area contributed by atoms with Crippen LogP contribution in [0.4, 0.5) is 0 Å². The third-order valence-electron chi connectivity index (χ3n) is 0. The van der Waals surface area contributed by atoms with Gasteiger partial charge in [0, 0.05) is 19.5 Å². The van der Waals surface area contributed by atoms with Gasteiger partial charge in [-0.3, -0.25) is 0 Å². The maximum absolute atomic E-state index is 7.40. The largest absolute Gasteiger partial charge is 0 e. The molecule has 0 aliphatic rings. The minimum absolute atomic E-state index is 0. The average Bonchev–Trinajstić information content (AvgIpc) is 0.722. The van der Waals surface area contributed by atoms with Crippen molar-refractivity contribution in [1.29, 1.82) is 0 Å². The quantitative estimate of drug-likeness (QED) is 0.356. The molecule has 0 saturated heterocycles. The minimum Gasteiger partial charge on any atom is 0 e. The summed E-state index contributed by atoms with van der Waals surface area (Å²) in [5, 5.41) is 0. The molecule has 0 atom stereocenters. The van der Waals surface area contributed by atoms with Gasteiger partial charge in [-0.1, -0.05) is 0 Å².